The predicted octanol–water partition coefficient (Wildman–Crippen LogP) is 2.57. The van der Waals surface area contributed by atoms with Gasteiger partial charge in [-0.15, -0.1) is 0 Å². The van der Waals surface area contributed by atoms with Gasteiger partial charge in [0.25, 0.3) is 0 Å². The van der Waals surface area contributed by atoms with Gasteiger partial charge < -0.3 is 15.6 Å². The summed E-state index contributed by atoms with van der Waals surface area (Å²) >= 11 is 0. The van der Waals surface area contributed by atoms with E-state index in [0.717, 1.165) is 22.4 Å². The molecule has 2 aromatic carbocycles. The number of para-hydroxylation sites is 1. The third-order valence-corrected chi connectivity index (χ3v) is 3.38. The van der Waals surface area contributed by atoms with Crippen LogP contribution in [0.2, 0.25) is 0 Å². The molecule has 0 heterocycles. The van der Waals surface area contributed by atoms with Crippen LogP contribution in [0.15, 0.2) is 42.5 Å². The van der Waals surface area contributed by atoms with Crippen molar-refractivity contribution in [3.05, 3.63) is 64.7 Å². The first kappa shape index (κ1) is 14.6. The minimum absolute atomic E-state index is 0.130. The van der Waals surface area contributed by atoms with Crippen molar-refractivity contribution in [1.29, 1.82) is 0 Å². The number of ether oxygens (including phenoxy) is 1. The van der Waals surface area contributed by atoms with Crippen LogP contribution < -0.4 is 10.5 Å². The van der Waals surface area contributed by atoms with Crippen molar-refractivity contribution < 1.29 is 9.84 Å². The SMILES string of the molecule is Cc1cc(CN)ccc1COc1ccccc1CCO. The molecule has 0 saturated heterocycles. The average Bonchev–Trinajstić information content (AvgIpc) is 2.47. The first-order valence-corrected chi connectivity index (χ1v) is 6.84. The molecule has 0 aliphatic heterocycles. The highest BCUT2D eigenvalue weighted by Gasteiger charge is 2.05. The number of aryl methyl sites for hydroxylation is 1. The largest absolute Gasteiger partial charge is 0.489 e. The van der Waals surface area contributed by atoms with Crippen molar-refractivity contribution in [2.24, 2.45) is 5.73 Å². The van der Waals surface area contributed by atoms with Crippen LogP contribution >= 0.6 is 0 Å². The molecule has 0 amide bonds. The van der Waals surface area contributed by atoms with E-state index in [1.807, 2.05) is 30.3 Å². The zero-order chi connectivity index (χ0) is 14.4. The molecule has 0 spiro atoms. The average molecular weight is 271 g/mol. The van der Waals surface area contributed by atoms with Gasteiger partial charge in [-0.1, -0.05) is 36.4 Å². The number of rotatable bonds is 6. The third-order valence-electron chi connectivity index (χ3n) is 3.38. The molecule has 3 heteroatoms. The van der Waals surface area contributed by atoms with E-state index in [-0.39, 0.29) is 6.61 Å². The molecule has 2 rings (SSSR count). The highest BCUT2D eigenvalue weighted by atomic mass is 16.5. The summed E-state index contributed by atoms with van der Waals surface area (Å²) in [5.74, 6) is 0.837. The van der Waals surface area contributed by atoms with E-state index in [2.05, 4.69) is 19.1 Å². The van der Waals surface area contributed by atoms with Crippen molar-refractivity contribution >= 4 is 0 Å². The summed E-state index contributed by atoms with van der Waals surface area (Å²) in [7, 11) is 0. The fraction of sp³-hybridized carbons (Fsp3) is 0.294. The van der Waals surface area contributed by atoms with E-state index >= 15 is 0 Å². The fourth-order valence-electron chi connectivity index (χ4n) is 2.17. The highest BCUT2D eigenvalue weighted by molar-refractivity contribution is 5.35. The van der Waals surface area contributed by atoms with Crippen LogP contribution in [-0.2, 0) is 19.6 Å². The quantitative estimate of drug-likeness (QED) is 0.849. The molecular weight excluding hydrogens is 250 g/mol. The molecule has 2 aromatic rings. The topological polar surface area (TPSA) is 55.5 Å². The van der Waals surface area contributed by atoms with E-state index < -0.39 is 0 Å². The lowest BCUT2D eigenvalue weighted by Crippen LogP contribution is -2.03. The van der Waals surface area contributed by atoms with Crippen LogP contribution in [0.4, 0.5) is 0 Å². The van der Waals surface area contributed by atoms with Gasteiger partial charge in [0.05, 0.1) is 0 Å². The maximum atomic E-state index is 9.06. The highest BCUT2D eigenvalue weighted by Crippen LogP contribution is 2.21. The second kappa shape index (κ2) is 7.08. The summed E-state index contributed by atoms with van der Waals surface area (Å²) in [5.41, 5.74) is 10.1. The number of nitrogens with two attached hydrogens (primary N) is 1. The van der Waals surface area contributed by atoms with Gasteiger partial charge in [-0.3, -0.25) is 0 Å². The second-order valence-corrected chi connectivity index (χ2v) is 4.83. The van der Waals surface area contributed by atoms with Crippen LogP contribution in [0, 0.1) is 6.92 Å². The van der Waals surface area contributed by atoms with E-state index in [9.17, 15) is 0 Å². The summed E-state index contributed by atoms with van der Waals surface area (Å²) in [6, 6.07) is 14.0. The van der Waals surface area contributed by atoms with Gasteiger partial charge in [0.15, 0.2) is 0 Å². The van der Waals surface area contributed by atoms with Crippen molar-refractivity contribution in [3.63, 3.8) is 0 Å². The van der Waals surface area contributed by atoms with Gasteiger partial charge >= 0.3 is 0 Å². The van der Waals surface area contributed by atoms with E-state index in [0.29, 0.717) is 19.6 Å². The van der Waals surface area contributed by atoms with Crippen molar-refractivity contribution in [1.82, 2.24) is 0 Å². The smallest absolute Gasteiger partial charge is 0.123 e. The lowest BCUT2D eigenvalue weighted by atomic mass is 10.1. The summed E-state index contributed by atoms with van der Waals surface area (Å²) in [6.07, 6.45) is 0.612. The Kier molecular flexibility index (Phi) is 5.16. The maximum Gasteiger partial charge on any atom is 0.123 e. The molecule has 0 aliphatic carbocycles. The minimum atomic E-state index is 0.130. The molecule has 0 atom stereocenters. The molecule has 0 radical (unpaired) electrons. The molecule has 106 valence electrons. The van der Waals surface area contributed by atoms with E-state index in [1.165, 1.54) is 5.56 Å². The molecule has 0 bridgehead atoms. The van der Waals surface area contributed by atoms with E-state index in [1.54, 1.807) is 0 Å². The summed E-state index contributed by atoms with van der Waals surface area (Å²) < 4.78 is 5.89. The van der Waals surface area contributed by atoms with Crippen LogP contribution in [0.3, 0.4) is 0 Å². The van der Waals surface area contributed by atoms with Gasteiger partial charge in [0, 0.05) is 13.2 Å². The minimum Gasteiger partial charge on any atom is -0.489 e. The lowest BCUT2D eigenvalue weighted by molar-refractivity contribution is 0.283. The standard InChI is InChI=1S/C17H21NO2/c1-13-10-14(11-18)6-7-16(13)12-20-17-5-3-2-4-15(17)8-9-19/h2-7,10,19H,8-9,11-12,18H2,1H3. The molecule has 0 aliphatic rings. The van der Waals surface area contributed by atoms with Gasteiger partial charge in [0.2, 0.25) is 0 Å². The van der Waals surface area contributed by atoms with Crippen LogP contribution in [0.25, 0.3) is 0 Å². The molecule has 0 saturated carbocycles. The Hall–Kier alpha value is -1.84. The van der Waals surface area contributed by atoms with Crippen molar-refractivity contribution in [2.45, 2.75) is 26.5 Å². The molecule has 0 fully saturated rings. The Labute approximate surface area is 120 Å². The lowest BCUT2D eigenvalue weighted by Gasteiger charge is -2.13. The molecule has 20 heavy (non-hydrogen) atoms. The maximum absolute atomic E-state index is 9.06. The van der Waals surface area contributed by atoms with E-state index in [4.69, 9.17) is 15.6 Å². The Balaban J connectivity index is 2.09. The summed E-state index contributed by atoms with van der Waals surface area (Å²) in [5, 5.41) is 9.06. The van der Waals surface area contributed by atoms with Crippen molar-refractivity contribution in [3.8, 4) is 5.75 Å². The predicted molar refractivity (Wildman–Crippen MR) is 80.6 cm³/mol. The van der Waals surface area contributed by atoms with Crippen molar-refractivity contribution in [2.75, 3.05) is 6.61 Å². The van der Waals surface area contributed by atoms with Gasteiger partial charge in [-0.05, 0) is 41.7 Å². The zero-order valence-electron chi connectivity index (χ0n) is 11.8. The summed E-state index contributed by atoms with van der Waals surface area (Å²) in [4.78, 5) is 0. The number of hydrogen-bond acceptors (Lipinski definition) is 3. The number of hydrogen-bond donors (Lipinski definition) is 2. The van der Waals surface area contributed by atoms with Crippen LogP contribution in [-0.4, -0.2) is 11.7 Å². The van der Waals surface area contributed by atoms with Gasteiger partial charge in [-0.2, -0.15) is 0 Å². The van der Waals surface area contributed by atoms with Gasteiger partial charge in [-0.25, -0.2) is 0 Å². The normalized spacial score (nSPS) is 10.6. The van der Waals surface area contributed by atoms with Crippen LogP contribution in [0.1, 0.15) is 22.3 Å². The Morgan fingerprint density at radius 1 is 1.10 bits per heavy atom. The fourth-order valence-corrected chi connectivity index (χ4v) is 2.17. The monoisotopic (exact) mass is 271 g/mol. The summed E-state index contributed by atoms with van der Waals surface area (Å²) in [6.45, 7) is 3.28. The Morgan fingerprint density at radius 3 is 2.60 bits per heavy atom. The molecular formula is C17H21NO2. The first-order chi connectivity index (χ1) is 9.74. The first-order valence-electron chi connectivity index (χ1n) is 6.84. The third kappa shape index (κ3) is 3.59. The molecule has 3 nitrogen and oxygen atoms in total. The second-order valence-electron chi connectivity index (χ2n) is 4.83. The number of benzene rings is 2. The molecule has 0 aromatic heterocycles. The van der Waals surface area contributed by atoms with Crippen LogP contribution in [0.5, 0.6) is 5.75 Å². The molecule has 0 unspecified atom stereocenters. The zero-order valence-corrected chi connectivity index (χ0v) is 11.8. The molecule has 3 N–H and O–H groups in total. The number of aliphatic hydroxyl groups is 1. The Morgan fingerprint density at radius 2 is 1.90 bits per heavy atom. The number of aliphatic hydroxyl groups excluding tert-OH is 1. The Bertz CT molecular complexity index is 567. The van der Waals surface area contributed by atoms with Gasteiger partial charge in [0.1, 0.15) is 12.4 Å².